The molecule has 0 atom stereocenters. The summed E-state index contributed by atoms with van der Waals surface area (Å²) in [5.74, 6) is 0.260. The third-order valence-corrected chi connectivity index (χ3v) is 3.30. The Hall–Kier alpha value is -3.12. The second kappa shape index (κ2) is 5.48. The highest BCUT2D eigenvalue weighted by molar-refractivity contribution is 5.83. The largest absolute Gasteiger partial charge is 0.383 e. The summed E-state index contributed by atoms with van der Waals surface area (Å²) in [6, 6.07) is 23.6. The van der Waals surface area contributed by atoms with Crippen LogP contribution in [0.25, 0.3) is 22.4 Å². The third-order valence-electron chi connectivity index (χ3n) is 3.30. The van der Waals surface area contributed by atoms with Crippen LogP contribution in [0.4, 0.5) is 5.82 Å². The van der Waals surface area contributed by atoms with Crippen molar-refractivity contribution in [2.45, 2.75) is 0 Å². The van der Waals surface area contributed by atoms with Gasteiger partial charge in [-0.1, -0.05) is 60.7 Å². The van der Waals surface area contributed by atoms with Crippen molar-refractivity contribution < 1.29 is 0 Å². The molecule has 0 unspecified atom stereocenters. The van der Waals surface area contributed by atoms with E-state index in [0.29, 0.717) is 5.56 Å². The highest BCUT2D eigenvalue weighted by Crippen LogP contribution is 2.32. The van der Waals surface area contributed by atoms with Crippen LogP contribution in [-0.4, -0.2) is 4.98 Å². The van der Waals surface area contributed by atoms with Gasteiger partial charge in [0, 0.05) is 11.1 Å². The minimum Gasteiger partial charge on any atom is -0.383 e. The smallest absolute Gasteiger partial charge is 0.142 e. The summed E-state index contributed by atoms with van der Waals surface area (Å²) >= 11 is 0. The molecule has 0 aliphatic carbocycles. The van der Waals surface area contributed by atoms with Crippen molar-refractivity contribution in [2.24, 2.45) is 0 Å². The van der Waals surface area contributed by atoms with Gasteiger partial charge in [-0.25, -0.2) is 4.98 Å². The van der Waals surface area contributed by atoms with Crippen LogP contribution in [0, 0.1) is 11.3 Å². The summed E-state index contributed by atoms with van der Waals surface area (Å²) in [4.78, 5) is 4.45. The number of aromatic nitrogens is 1. The average Bonchev–Trinajstić information content (AvgIpc) is 2.56. The molecule has 0 amide bonds. The Morgan fingerprint density at radius 3 is 2.00 bits per heavy atom. The van der Waals surface area contributed by atoms with Gasteiger partial charge in [0.1, 0.15) is 11.9 Å². The van der Waals surface area contributed by atoms with Gasteiger partial charge in [-0.3, -0.25) is 0 Å². The number of nitrogen functional groups attached to an aromatic ring is 1. The maximum absolute atomic E-state index is 9.18. The molecule has 0 saturated carbocycles. The van der Waals surface area contributed by atoms with Crippen molar-refractivity contribution in [2.75, 3.05) is 5.73 Å². The fraction of sp³-hybridized carbons (Fsp3) is 0. The van der Waals surface area contributed by atoms with Crippen LogP contribution in [-0.2, 0) is 0 Å². The Bertz CT molecular complexity index is 803. The van der Waals surface area contributed by atoms with Crippen LogP contribution in [0.1, 0.15) is 5.56 Å². The number of hydrogen-bond donors (Lipinski definition) is 1. The molecule has 2 N–H and O–H groups in total. The van der Waals surface area contributed by atoms with Gasteiger partial charge in [-0.15, -0.1) is 0 Å². The molecule has 3 nitrogen and oxygen atoms in total. The Balaban J connectivity index is 2.29. The minimum absolute atomic E-state index is 0.260. The second-order valence-corrected chi connectivity index (χ2v) is 4.66. The van der Waals surface area contributed by atoms with Gasteiger partial charge in [-0.2, -0.15) is 5.26 Å². The summed E-state index contributed by atoms with van der Waals surface area (Å²) in [7, 11) is 0. The first-order valence-electron chi connectivity index (χ1n) is 6.61. The first-order chi connectivity index (χ1) is 10.3. The standard InChI is InChI=1S/C18H13N3/c19-12-15-11-16(13-7-3-1-4-8-13)17(21-18(15)20)14-9-5-2-6-10-14/h1-11H,(H2,20,21). The summed E-state index contributed by atoms with van der Waals surface area (Å²) in [5.41, 5.74) is 9.97. The fourth-order valence-electron chi connectivity index (χ4n) is 2.27. The van der Waals surface area contributed by atoms with Crippen LogP contribution in [0.5, 0.6) is 0 Å². The van der Waals surface area contributed by atoms with Crippen LogP contribution < -0.4 is 5.73 Å². The van der Waals surface area contributed by atoms with E-state index in [1.807, 2.05) is 60.7 Å². The monoisotopic (exact) mass is 271 g/mol. The summed E-state index contributed by atoms with van der Waals surface area (Å²) in [5, 5.41) is 9.18. The number of hydrogen-bond acceptors (Lipinski definition) is 3. The van der Waals surface area contributed by atoms with E-state index in [-0.39, 0.29) is 5.82 Å². The van der Waals surface area contributed by atoms with Gasteiger partial charge in [0.05, 0.1) is 11.3 Å². The van der Waals surface area contributed by atoms with E-state index in [1.165, 1.54) is 0 Å². The topological polar surface area (TPSA) is 62.7 Å². The van der Waals surface area contributed by atoms with Crippen molar-refractivity contribution in [3.8, 4) is 28.5 Å². The van der Waals surface area contributed by atoms with Crippen molar-refractivity contribution >= 4 is 5.82 Å². The van der Waals surface area contributed by atoms with E-state index in [9.17, 15) is 5.26 Å². The zero-order valence-corrected chi connectivity index (χ0v) is 11.3. The molecule has 0 aliphatic heterocycles. The maximum Gasteiger partial charge on any atom is 0.142 e. The van der Waals surface area contributed by atoms with Crippen molar-refractivity contribution in [3.05, 3.63) is 72.3 Å². The molecule has 0 bridgehead atoms. The van der Waals surface area contributed by atoms with Gasteiger partial charge in [-0.05, 0) is 11.6 Å². The molecule has 21 heavy (non-hydrogen) atoms. The molecule has 1 aromatic heterocycles. The molecule has 0 radical (unpaired) electrons. The highest BCUT2D eigenvalue weighted by atomic mass is 14.8. The highest BCUT2D eigenvalue weighted by Gasteiger charge is 2.13. The lowest BCUT2D eigenvalue weighted by Gasteiger charge is -2.11. The predicted molar refractivity (Wildman–Crippen MR) is 84.2 cm³/mol. The molecular formula is C18H13N3. The zero-order chi connectivity index (χ0) is 14.7. The van der Waals surface area contributed by atoms with Gasteiger partial charge in [0.15, 0.2) is 0 Å². The Labute approximate surface area is 123 Å². The molecule has 3 rings (SSSR count). The number of nitrogens with zero attached hydrogens (tertiary/aromatic N) is 2. The third kappa shape index (κ3) is 2.47. The van der Waals surface area contributed by atoms with Crippen LogP contribution in [0.3, 0.4) is 0 Å². The number of nitrogens with two attached hydrogens (primary N) is 1. The molecule has 0 fully saturated rings. The lowest BCUT2D eigenvalue weighted by Crippen LogP contribution is -1.99. The number of anilines is 1. The maximum atomic E-state index is 9.18. The number of pyridine rings is 1. The van der Waals surface area contributed by atoms with E-state index in [4.69, 9.17) is 5.73 Å². The molecule has 3 heteroatoms. The summed E-state index contributed by atoms with van der Waals surface area (Å²) < 4.78 is 0. The van der Waals surface area contributed by atoms with Gasteiger partial charge in [0.2, 0.25) is 0 Å². The number of benzene rings is 2. The van der Waals surface area contributed by atoms with Gasteiger partial charge < -0.3 is 5.73 Å². The van der Waals surface area contributed by atoms with Gasteiger partial charge in [0.25, 0.3) is 0 Å². The summed E-state index contributed by atoms with van der Waals surface area (Å²) in [6.45, 7) is 0. The molecule has 3 aromatic rings. The Kier molecular flexibility index (Phi) is 3.36. The Morgan fingerprint density at radius 2 is 1.43 bits per heavy atom. The van der Waals surface area contributed by atoms with Crippen molar-refractivity contribution in [3.63, 3.8) is 0 Å². The molecule has 2 aromatic carbocycles. The second-order valence-electron chi connectivity index (χ2n) is 4.66. The molecule has 0 aliphatic rings. The SMILES string of the molecule is N#Cc1cc(-c2ccccc2)c(-c2ccccc2)nc1N. The zero-order valence-electron chi connectivity index (χ0n) is 11.3. The lowest BCUT2D eigenvalue weighted by molar-refractivity contribution is 1.31. The van der Waals surface area contributed by atoms with Crippen LogP contribution in [0.2, 0.25) is 0 Å². The molecule has 100 valence electrons. The van der Waals surface area contributed by atoms with Crippen LogP contribution in [0.15, 0.2) is 66.7 Å². The van der Waals surface area contributed by atoms with E-state index < -0.39 is 0 Å². The van der Waals surface area contributed by atoms with Crippen molar-refractivity contribution in [1.29, 1.82) is 5.26 Å². The fourth-order valence-corrected chi connectivity index (χ4v) is 2.27. The Morgan fingerprint density at radius 1 is 0.857 bits per heavy atom. The van der Waals surface area contributed by atoms with E-state index in [2.05, 4.69) is 11.1 Å². The lowest BCUT2D eigenvalue weighted by atomic mass is 9.98. The van der Waals surface area contributed by atoms with Crippen molar-refractivity contribution in [1.82, 2.24) is 4.98 Å². The minimum atomic E-state index is 0.260. The predicted octanol–water partition coefficient (Wildman–Crippen LogP) is 3.87. The first kappa shape index (κ1) is 12.9. The number of rotatable bonds is 2. The van der Waals surface area contributed by atoms with E-state index >= 15 is 0 Å². The van der Waals surface area contributed by atoms with E-state index in [1.54, 1.807) is 6.07 Å². The number of nitriles is 1. The average molecular weight is 271 g/mol. The summed E-state index contributed by atoms with van der Waals surface area (Å²) in [6.07, 6.45) is 0. The molecular weight excluding hydrogens is 258 g/mol. The molecule has 1 heterocycles. The molecule has 0 spiro atoms. The van der Waals surface area contributed by atoms with E-state index in [0.717, 1.165) is 22.4 Å². The van der Waals surface area contributed by atoms with Gasteiger partial charge >= 0.3 is 0 Å². The van der Waals surface area contributed by atoms with Crippen LogP contribution >= 0.6 is 0 Å². The first-order valence-corrected chi connectivity index (χ1v) is 6.61. The normalized spacial score (nSPS) is 10.0. The molecule has 0 saturated heterocycles. The quantitative estimate of drug-likeness (QED) is 0.769.